The highest BCUT2D eigenvalue weighted by Crippen LogP contribution is 2.27. The van der Waals surface area contributed by atoms with Crippen LogP contribution in [0.1, 0.15) is 13.8 Å². The Labute approximate surface area is 124 Å². The summed E-state index contributed by atoms with van der Waals surface area (Å²) in [6.07, 6.45) is 0.219. The topological polar surface area (TPSA) is 38.5 Å². The van der Waals surface area contributed by atoms with Crippen molar-refractivity contribution in [3.8, 4) is 0 Å². The Morgan fingerprint density at radius 1 is 1.50 bits per heavy atom. The van der Waals surface area contributed by atoms with E-state index in [0.717, 1.165) is 36.9 Å². The second kappa shape index (κ2) is 7.29. The van der Waals surface area contributed by atoms with Crippen LogP contribution >= 0.6 is 11.8 Å². The largest absolute Gasteiger partial charge is 0.398 e. The Morgan fingerprint density at radius 2 is 2.30 bits per heavy atom. The van der Waals surface area contributed by atoms with Crippen molar-refractivity contribution in [2.24, 2.45) is 5.92 Å². The summed E-state index contributed by atoms with van der Waals surface area (Å²) in [6.45, 7) is 8.35. The number of nitrogens with two attached hydrogens (primary N) is 1. The smallest absolute Gasteiger partial charge is 0.125 e. The van der Waals surface area contributed by atoms with E-state index in [0.29, 0.717) is 11.6 Å². The standard InChI is InChI=1S/C15H23FN2OS/c1-11(2)8-18-5-6-19-13(9-18)10-20-15-4-3-12(16)7-14(15)17/h3-4,7,11,13H,5-6,8-10,17H2,1-2H3. The van der Waals surface area contributed by atoms with Gasteiger partial charge >= 0.3 is 0 Å². The molecule has 2 rings (SSSR count). The van der Waals surface area contributed by atoms with Gasteiger partial charge in [-0.05, 0) is 24.1 Å². The number of hydrogen-bond donors (Lipinski definition) is 1. The van der Waals surface area contributed by atoms with Crippen molar-refractivity contribution < 1.29 is 9.13 Å². The molecule has 0 aliphatic carbocycles. The molecule has 0 radical (unpaired) electrons. The highest BCUT2D eigenvalue weighted by Gasteiger charge is 2.21. The molecule has 2 N–H and O–H groups in total. The number of thioether (sulfide) groups is 1. The molecule has 0 spiro atoms. The van der Waals surface area contributed by atoms with Gasteiger partial charge in [0.2, 0.25) is 0 Å². The predicted octanol–water partition coefficient (Wildman–Crippen LogP) is 2.86. The molecular weight excluding hydrogens is 275 g/mol. The highest BCUT2D eigenvalue weighted by atomic mass is 32.2. The lowest BCUT2D eigenvalue weighted by molar-refractivity contribution is -0.0191. The lowest BCUT2D eigenvalue weighted by Gasteiger charge is -2.33. The van der Waals surface area contributed by atoms with Gasteiger partial charge in [0.15, 0.2) is 0 Å². The van der Waals surface area contributed by atoms with E-state index < -0.39 is 0 Å². The Balaban J connectivity index is 1.84. The molecule has 1 aliphatic heterocycles. The lowest BCUT2D eigenvalue weighted by Crippen LogP contribution is -2.44. The van der Waals surface area contributed by atoms with Crippen molar-refractivity contribution in [3.05, 3.63) is 24.0 Å². The average molecular weight is 298 g/mol. The third-order valence-corrected chi connectivity index (χ3v) is 4.46. The van der Waals surface area contributed by atoms with Gasteiger partial charge in [-0.3, -0.25) is 4.90 Å². The van der Waals surface area contributed by atoms with Gasteiger partial charge in [-0.1, -0.05) is 13.8 Å². The molecule has 1 atom stereocenters. The maximum atomic E-state index is 13.0. The Bertz CT molecular complexity index is 442. The summed E-state index contributed by atoms with van der Waals surface area (Å²) in [5, 5.41) is 0. The molecule has 1 aliphatic rings. The van der Waals surface area contributed by atoms with Crippen molar-refractivity contribution >= 4 is 17.4 Å². The Hall–Kier alpha value is -0.780. The van der Waals surface area contributed by atoms with E-state index in [-0.39, 0.29) is 11.9 Å². The molecule has 1 aromatic carbocycles. The van der Waals surface area contributed by atoms with Crippen LogP contribution in [0.25, 0.3) is 0 Å². The number of hydrogen-bond acceptors (Lipinski definition) is 4. The van der Waals surface area contributed by atoms with Gasteiger partial charge in [-0.15, -0.1) is 11.8 Å². The summed E-state index contributed by atoms with van der Waals surface area (Å²) in [4.78, 5) is 3.38. The molecule has 5 heteroatoms. The second-order valence-corrected chi connectivity index (χ2v) is 6.70. The molecule has 1 fully saturated rings. The summed E-state index contributed by atoms with van der Waals surface area (Å²) in [5.41, 5.74) is 6.32. The first-order valence-corrected chi connectivity index (χ1v) is 8.05. The predicted molar refractivity (Wildman–Crippen MR) is 82.6 cm³/mol. The van der Waals surface area contributed by atoms with Crippen molar-refractivity contribution in [1.82, 2.24) is 4.90 Å². The van der Waals surface area contributed by atoms with Crippen molar-refractivity contribution in [3.63, 3.8) is 0 Å². The third kappa shape index (κ3) is 4.65. The molecule has 1 saturated heterocycles. The van der Waals surface area contributed by atoms with Gasteiger partial charge in [0.1, 0.15) is 5.82 Å². The zero-order valence-electron chi connectivity index (χ0n) is 12.1. The fourth-order valence-corrected chi connectivity index (χ4v) is 3.35. The van der Waals surface area contributed by atoms with Crippen LogP contribution in [0, 0.1) is 11.7 Å². The summed E-state index contributed by atoms with van der Waals surface area (Å²) in [6, 6.07) is 4.56. The monoisotopic (exact) mass is 298 g/mol. The second-order valence-electron chi connectivity index (χ2n) is 5.64. The lowest BCUT2D eigenvalue weighted by atomic mass is 10.2. The van der Waals surface area contributed by atoms with Gasteiger partial charge in [0, 0.05) is 36.0 Å². The van der Waals surface area contributed by atoms with E-state index >= 15 is 0 Å². The van der Waals surface area contributed by atoms with Crippen LogP contribution in [0.15, 0.2) is 23.1 Å². The zero-order valence-corrected chi connectivity index (χ0v) is 13.0. The van der Waals surface area contributed by atoms with E-state index in [1.165, 1.54) is 12.1 Å². The zero-order chi connectivity index (χ0) is 14.5. The number of benzene rings is 1. The quantitative estimate of drug-likeness (QED) is 0.670. The molecular formula is C15H23FN2OS. The molecule has 112 valence electrons. The first-order chi connectivity index (χ1) is 9.54. The van der Waals surface area contributed by atoms with Crippen LogP contribution < -0.4 is 5.73 Å². The van der Waals surface area contributed by atoms with Gasteiger partial charge < -0.3 is 10.5 Å². The SMILES string of the molecule is CC(C)CN1CCOC(CSc2ccc(F)cc2N)C1. The maximum absolute atomic E-state index is 13.0. The van der Waals surface area contributed by atoms with Gasteiger partial charge in [-0.25, -0.2) is 4.39 Å². The van der Waals surface area contributed by atoms with E-state index in [2.05, 4.69) is 18.7 Å². The molecule has 1 heterocycles. The van der Waals surface area contributed by atoms with Crippen LogP contribution in [0.4, 0.5) is 10.1 Å². The summed E-state index contributed by atoms with van der Waals surface area (Å²) < 4.78 is 18.8. The minimum absolute atomic E-state index is 0.219. The minimum atomic E-state index is -0.288. The molecule has 3 nitrogen and oxygen atoms in total. The van der Waals surface area contributed by atoms with Crippen molar-refractivity contribution in [1.29, 1.82) is 0 Å². The number of nitrogens with zero attached hydrogens (tertiary/aromatic N) is 1. The van der Waals surface area contributed by atoms with Crippen LogP contribution in [0.5, 0.6) is 0 Å². The number of halogens is 1. The summed E-state index contributed by atoms with van der Waals surface area (Å²) in [7, 11) is 0. The maximum Gasteiger partial charge on any atom is 0.125 e. The molecule has 0 aromatic heterocycles. The van der Waals surface area contributed by atoms with Crippen molar-refractivity contribution in [2.75, 3.05) is 37.7 Å². The summed E-state index contributed by atoms with van der Waals surface area (Å²) in [5.74, 6) is 1.24. The van der Waals surface area contributed by atoms with E-state index in [4.69, 9.17) is 10.5 Å². The fraction of sp³-hybridized carbons (Fsp3) is 0.600. The normalized spacial score (nSPS) is 20.5. The molecule has 1 aromatic rings. The number of nitrogen functional groups attached to an aromatic ring is 1. The fourth-order valence-electron chi connectivity index (χ4n) is 2.40. The van der Waals surface area contributed by atoms with Crippen LogP contribution in [-0.4, -0.2) is 43.0 Å². The third-order valence-electron chi connectivity index (χ3n) is 3.24. The number of morpholine rings is 1. The highest BCUT2D eigenvalue weighted by molar-refractivity contribution is 7.99. The summed E-state index contributed by atoms with van der Waals surface area (Å²) >= 11 is 1.64. The molecule has 1 unspecified atom stereocenters. The number of ether oxygens (including phenoxy) is 1. The van der Waals surface area contributed by atoms with Crippen LogP contribution in [0.2, 0.25) is 0 Å². The average Bonchev–Trinajstić information content (AvgIpc) is 2.37. The van der Waals surface area contributed by atoms with E-state index in [1.54, 1.807) is 17.8 Å². The van der Waals surface area contributed by atoms with E-state index in [1.807, 2.05) is 0 Å². The Morgan fingerprint density at radius 3 is 3.00 bits per heavy atom. The number of rotatable bonds is 5. The Kier molecular flexibility index (Phi) is 5.69. The molecule has 0 amide bonds. The van der Waals surface area contributed by atoms with Gasteiger partial charge in [0.05, 0.1) is 12.7 Å². The van der Waals surface area contributed by atoms with E-state index in [9.17, 15) is 4.39 Å². The van der Waals surface area contributed by atoms with Crippen molar-refractivity contribution in [2.45, 2.75) is 24.8 Å². The molecule has 0 bridgehead atoms. The van der Waals surface area contributed by atoms with Gasteiger partial charge in [0.25, 0.3) is 0 Å². The number of anilines is 1. The first-order valence-electron chi connectivity index (χ1n) is 7.06. The van der Waals surface area contributed by atoms with Gasteiger partial charge in [-0.2, -0.15) is 0 Å². The first kappa shape index (κ1) is 15.6. The van der Waals surface area contributed by atoms with Crippen LogP contribution in [-0.2, 0) is 4.74 Å². The molecule has 0 saturated carbocycles. The van der Waals surface area contributed by atoms with Crippen LogP contribution in [0.3, 0.4) is 0 Å². The minimum Gasteiger partial charge on any atom is -0.398 e. The molecule has 20 heavy (non-hydrogen) atoms.